The summed E-state index contributed by atoms with van der Waals surface area (Å²) in [7, 11) is 0. The number of carbonyl (C=O) groups excluding carboxylic acids is 2. The number of anilines is 2. The number of morpholine rings is 1. The van der Waals surface area contributed by atoms with Crippen LogP contribution in [0, 0.1) is 0 Å². The third-order valence-electron chi connectivity index (χ3n) is 4.38. The summed E-state index contributed by atoms with van der Waals surface area (Å²) in [6, 6.07) is 10.8. The van der Waals surface area contributed by atoms with E-state index in [0.29, 0.717) is 32.0 Å². The monoisotopic (exact) mass is 407 g/mol. The number of benzene rings is 2. The predicted octanol–water partition coefficient (Wildman–Crippen LogP) is 3.23. The molecule has 6 nitrogen and oxygen atoms in total. The van der Waals surface area contributed by atoms with Crippen LogP contribution in [-0.4, -0.2) is 49.6 Å². The van der Waals surface area contributed by atoms with Crippen LogP contribution < -0.4 is 10.6 Å². The highest BCUT2D eigenvalue weighted by Crippen LogP contribution is 2.30. The number of hydrogen-bond donors (Lipinski definition) is 2. The molecule has 1 heterocycles. The van der Waals surface area contributed by atoms with Gasteiger partial charge in [0, 0.05) is 30.0 Å². The smallest absolute Gasteiger partial charge is 0.378 e. The molecule has 29 heavy (non-hydrogen) atoms. The van der Waals surface area contributed by atoms with Gasteiger partial charge in [0.15, 0.2) is 0 Å². The van der Waals surface area contributed by atoms with E-state index in [1.165, 1.54) is 24.3 Å². The normalized spacial score (nSPS) is 14.4. The molecule has 0 radical (unpaired) electrons. The minimum absolute atomic E-state index is 0.0469. The van der Waals surface area contributed by atoms with E-state index < -0.39 is 17.6 Å². The Balaban J connectivity index is 1.61. The van der Waals surface area contributed by atoms with Crippen LogP contribution in [0.4, 0.5) is 24.5 Å². The lowest BCUT2D eigenvalue weighted by atomic mass is 10.1. The van der Waals surface area contributed by atoms with Gasteiger partial charge in [-0.3, -0.25) is 9.59 Å². The summed E-state index contributed by atoms with van der Waals surface area (Å²) < 4.78 is 43.6. The number of ether oxygens (including phenoxy) is 1. The molecule has 0 aliphatic carbocycles. The first-order chi connectivity index (χ1) is 13.8. The zero-order chi connectivity index (χ0) is 20.9. The number of amides is 2. The summed E-state index contributed by atoms with van der Waals surface area (Å²) in [6.07, 6.45) is -4.49. The molecular weight excluding hydrogens is 387 g/mol. The molecule has 9 heteroatoms. The van der Waals surface area contributed by atoms with E-state index in [4.69, 9.17) is 4.74 Å². The lowest BCUT2D eigenvalue weighted by molar-refractivity contribution is -0.137. The van der Waals surface area contributed by atoms with E-state index in [9.17, 15) is 22.8 Å². The van der Waals surface area contributed by atoms with E-state index in [1.807, 2.05) is 0 Å². The highest BCUT2D eigenvalue weighted by molar-refractivity contribution is 6.04. The highest BCUT2D eigenvalue weighted by atomic mass is 19.4. The molecule has 154 valence electrons. The molecule has 0 spiro atoms. The summed E-state index contributed by atoms with van der Waals surface area (Å²) in [6.45, 7) is 2.17. The maximum Gasteiger partial charge on any atom is 0.416 e. The topological polar surface area (TPSA) is 70.7 Å². The first-order valence-electron chi connectivity index (χ1n) is 9.01. The molecular formula is C20H20F3N3O3. The summed E-state index contributed by atoms with van der Waals surface area (Å²) in [4.78, 5) is 26.3. The van der Waals surface area contributed by atoms with Gasteiger partial charge in [0.05, 0.1) is 25.3 Å². The molecule has 2 amide bonds. The third-order valence-corrected chi connectivity index (χ3v) is 4.38. The van der Waals surface area contributed by atoms with Crippen molar-refractivity contribution in [3.8, 4) is 0 Å². The molecule has 0 bridgehead atoms. The molecule has 0 saturated carbocycles. The van der Waals surface area contributed by atoms with Gasteiger partial charge < -0.3 is 20.3 Å². The molecule has 1 fully saturated rings. The molecule has 1 saturated heterocycles. The van der Waals surface area contributed by atoms with Crippen LogP contribution in [0.3, 0.4) is 0 Å². The Hall–Kier alpha value is -3.07. The van der Waals surface area contributed by atoms with Crippen molar-refractivity contribution in [1.82, 2.24) is 4.90 Å². The van der Waals surface area contributed by atoms with Gasteiger partial charge in [0.25, 0.3) is 5.91 Å². The van der Waals surface area contributed by atoms with Crippen molar-refractivity contribution in [1.29, 1.82) is 0 Å². The molecule has 0 aromatic heterocycles. The fourth-order valence-corrected chi connectivity index (χ4v) is 2.85. The zero-order valence-corrected chi connectivity index (χ0v) is 15.5. The van der Waals surface area contributed by atoms with Crippen molar-refractivity contribution in [3.05, 3.63) is 59.7 Å². The van der Waals surface area contributed by atoms with Gasteiger partial charge in [-0.25, -0.2) is 0 Å². The molecule has 1 aliphatic heterocycles. The minimum Gasteiger partial charge on any atom is -0.378 e. The standard InChI is InChI=1S/C20H20F3N3O3/c21-20(22,23)15-4-2-6-17(12-15)25-19(28)14-3-1-5-16(11-14)24-13-18(27)26-7-9-29-10-8-26/h1-6,11-12,24H,7-10,13H2,(H,25,28). The number of halogens is 3. The van der Waals surface area contributed by atoms with Crippen molar-refractivity contribution in [2.75, 3.05) is 43.5 Å². The third kappa shape index (κ3) is 5.71. The van der Waals surface area contributed by atoms with Gasteiger partial charge in [0.1, 0.15) is 0 Å². The Labute approximate surface area is 165 Å². The van der Waals surface area contributed by atoms with E-state index >= 15 is 0 Å². The first kappa shape index (κ1) is 20.7. The fourth-order valence-electron chi connectivity index (χ4n) is 2.85. The number of nitrogens with zero attached hydrogens (tertiary/aromatic N) is 1. The number of carbonyl (C=O) groups is 2. The second kappa shape index (κ2) is 8.95. The second-order valence-electron chi connectivity index (χ2n) is 6.46. The predicted molar refractivity (Wildman–Crippen MR) is 102 cm³/mol. The van der Waals surface area contributed by atoms with Crippen LogP contribution in [0.5, 0.6) is 0 Å². The van der Waals surface area contributed by atoms with E-state index in [2.05, 4.69) is 10.6 Å². The molecule has 3 rings (SSSR count). The average molecular weight is 407 g/mol. The molecule has 2 aromatic carbocycles. The molecule has 2 aromatic rings. The first-order valence-corrected chi connectivity index (χ1v) is 9.01. The maximum atomic E-state index is 12.8. The van der Waals surface area contributed by atoms with Gasteiger partial charge in [-0.05, 0) is 36.4 Å². The van der Waals surface area contributed by atoms with Gasteiger partial charge in [-0.2, -0.15) is 13.2 Å². The number of alkyl halides is 3. The van der Waals surface area contributed by atoms with E-state index in [-0.39, 0.29) is 23.7 Å². The molecule has 2 N–H and O–H groups in total. The maximum absolute atomic E-state index is 12.8. The van der Waals surface area contributed by atoms with Crippen molar-refractivity contribution in [3.63, 3.8) is 0 Å². The number of nitrogens with one attached hydrogen (secondary N) is 2. The van der Waals surface area contributed by atoms with E-state index in [0.717, 1.165) is 12.1 Å². The second-order valence-corrected chi connectivity index (χ2v) is 6.46. The van der Waals surface area contributed by atoms with Crippen LogP contribution >= 0.6 is 0 Å². The van der Waals surface area contributed by atoms with Gasteiger partial charge in [-0.1, -0.05) is 12.1 Å². The average Bonchev–Trinajstić information content (AvgIpc) is 2.72. The van der Waals surface area contributed by atoms with Crippen LogP contribution in [-0.2, 0) is 15.7 Å². The molecule has 0 unspecified atom stereocenters. The van der Waals surface area contributed by atoms with Crippen LogP contribution in [0.2, 0.25) is 0 Å². The highest BCUT2D eigenvalue weighted by Gasteiger charge is 2.30. The lowest BCUT2D eigenvalue weighted by Gasteiger charge is -2.27. The van der Waals surface area contributed by atoms with Crippen LogP contribution in [0.1, 0.15) is 15.9 Å². The van der Waals surface area contributed by atoms with Crippen molar-refractivity contribution < 1.29 is 27.5 Å². The SMILES string of the molecule is O=C(Nc1cccc(C(F)(F)F)c1)c1cccc(NCC(=O)N2CCOCC2)c1. The summed E-state index contributed by atoms with van der Waals surface area (Å²) in [5, 5.41) is 5.43. The van der Waals surface area contributed by atoms with E-state index in [1.54, 1.807) is 17.0 Å². The Morgan fingerprint density at radius 2 is 1.69 bits per heavy atom. The Kier molecular flexibility index (Phi) is 6.38. The summed E-state index contributed by atoms with van der Waals surface area (Å²) in [5.74, 6) is -0.625. The van der Waals surface area contributed by atoms with Crippen molar-refractivity contribution in [2.45, 2.75) is 6.18 Å². The minimum atomic E-state index is -4.49. The van der Waals surface area contributed by atoms with Crippen molar-refractivity contribution >= 4 is 23.2 Å². The molecule has 0 atom stereocenters. The Bertz CT molecular complexity index is 881. The quantitative estimate of drug-likeness (QED) is 0.799. The largest absolute Gasteiger partial charge is 0.416 e. The number of rotatable bonds is 5. The van der Waals surface area contributed by atoms with Gasteiger partial charge >= 0.3 is 6.18 Å². The van der Waals surface area contributed by atoms with Crippen LogP contribution in [0.15, 0.2) is 48.5 Å². The molecule has 1 aliphatic rings. The zero-order valence-electron chi connectivity index (χ0n) is 15.5. The lowest BCUT2D eigenvalue weighted by Crippen LogP contribution is -2.43. The Morgan fingerprint density at radius 1 is 1.00 bits per heavy atom. The Morgan fingerprint density at radius 3 is 2.41 bits per heavy atom. The van der Waals surface area contributed by atoms with Gasteiger partial charge in [-0.15, -0.1) is 0 Å². The van der Waals surface area contributed by atoms with Crippen LogP contribution in [0.25, 0.3) is 0 Å². The summed E-state index contributed by atoms with van der Waals surface area (Å²) in [5.41, 5.74) is 0.0209. The summed E-state index contributed by atoms with van der Waals surface area (Å²) >= 11 is 0. The van der Waals surface area contributed by atoms with Crippen molar-refractivity contribution in [2.24, 2.45) is 0 Å². The van der Waals surface area contributed by atoms with Gasteiger partial charge in [0.2, 0.25) is 5.91 Å². The number of hydrogen-bond acceptors (Lipinski definition) is 4. The fraction of sp³-hybridized carbons (Fsp3) is 0.300.